The van der Waals surface area contributed by atoms with Gasteiger partial charge < -0.3 is 14.2 Å². The zero-order chi connectivity index (χ0) is 36.9. The van der Waals surface area contributed by atoms with Gasteiger partial charge in [-0.05, 0) is 31.1 Å². The van der Waals surface area contributed by atoms with E-state index in [0.29, 0.717) is 19.3 Å². The predicted octanol–water partition coefficient (Wildman–Crippen LogP) is 13.4. The molecule has 0 saturated heterocycles. The smallest absolute Gasteiger partial charge is 0.306 e. The molecule has 0 aromatic rings. The molecule has 0 saturated carbocycles. The molecule has 0 N–H and O–H groups in total. The standard InChI is InChI=1S/C44H84O6/c1-6-7-8-22-29-34-42(45)48-37-41(38-49-43(46)35-30-25-20-17-16-19-24-28-33-40(4)5)50-44(47)36-31-26-21-15-13-11-9-10-12-14-18-23-27-32-39(2)3/h39-41H,6-38H2,1-5H3/t41-/m0/s1. The van der Waals surface area contributed by atoms with E-state index in [1.165, 1.54) is 116 Å². The van der Waals surface area contributed by atoms with Crippen LogP contribution >= 0.6 is 0 Å². The number of ether oxygens (including phenoxy) is 3. The maximum absolute atomic E-state index is 12.6. The normalized spacial score (nSPS) is 12.1. The van der Waals surface area contributed by atoms with Crippen LogP contribution in [0.4, 0.5) is 0 Å². The third-order valence-electron chi connectivity index (χ3n) is 9.72. The number of carbonyl (C=O) groups is 3. The molecular formula is C44H84O6. The van der Waals surface area contributed by atoms with E-state index in [9.17, 15) is 14.4 Å². The maximum atomic E-state index is 12.6. The van der Waals surface area contributed by atoms with Crippen LogP contribution in [-0.2, 0) is 28.6 Å². The molecule has 0 amide bonds. The van der Waals surface area contributed by atoms with Gasteiger partial charge in [0.2, 0.25) is 0 Å². The number of unbranched alkanes of at least 4 members (excludes halogenated alkanes) is 23. The Balaban J connectivity index is 4.20. The predicted molar refractivity (Wildman–Crippen MR) is 210 cm³/mol. The summed E-state index contributed by atoms with van der Waals surface area (Å²) in [5, 5.41) is 0. The minimum atomic E-state index is -0.758. The molecule has 50 heavy (non-hydrogen) atoms. The van der Waals surface area contributed by atoms with E-state index >= 15 is 0 Å². The van der Waals surface area contributed by atoms with Gasteiger partial charge in [0.25, 0.3) is 0 Å². The van der Waals surface area contributed by atoms with Crippen LogP contribution in [0.5, 0.6) is 0 Å². The fourth-order valence-electron chi connectivity index (χ4n) is 6.40. The summed E-state index contributed by atoms with van der Waals surface area (Å²) in [7, 11) is 0. The Morgan fingerprint density at radius 2 is 0.660 bits per heavy atom. The summed E-state index contributed by atoms with van der Waals surface area (Å²) in [6.45, 7) is 11.2. The van der Waals surface area contributed by atoms with Crippen LogP contribution in [0.1, 0.15) is 234 Å². The van der Waals surface area contributed by atoms with Crippen LogP contribution in [0.15, 0.2) is 0 Å². The van der Waals surface area contributed by atoms with Crippen LogP contribution in [0, 0.1) is 11.8 Å². The van der Waals surface area contributed by atoms with Crippen molar-refractivity contribution in [1.29, 1.82) is 0 Å². The second-order valence-corrected chi connectivity index (χ2v) is 15.9. The van der Waals surface area contributed by atoms with Crippen molar-refractivity contribution in [3.8, 4) is 0 Å². The lowest BCUT2D eigenvalue weighted by atomic mass is 10.0. The Hall–Kier alpha value is -1.59. The molecule has 0 bridgehead atoms. The first-order valence-corrected chi connectivity index (χ1v) is 21.7. The SMILES string of the molecule is CCCCCCCC(=O)OC[C@@H](COC(=O)CCCCCCCCCCC(C)C)OC(=O)CCCCCCCCCCCCCCCC(C)C. The molecule has 0 aliphatic carbocycles. The highest BCUT2D eigenvalue weighted by atomic mass is 16.6. The van der Waals surface area contributed by atoms with Gasteiger partial charge in [-0.25, -0.2) is 0 Å². The first-order chi connectivity index (χ1) is 24.2. The van der Waals surface area contributed by atoms with Crippen molar-refractivity contribution in [1.82, 2.24) is 0 Å². The third kappa shape index (κ3) is 37.7. The second kappa shape index (κ2) is 37.2. The van der Waals surface area contributed by atoms with E-state index in [2.05, 4.69) is 34.6 Å². The lowest BCUT2D eigenvalue weighted by Gasteiger charge is -2.18. The second-order valence-electron chi connectivity index (χ2n) is 15.9. The van der Waals surface area contributed by atoms with Gasteiger partial charge in [-0.15, -0.1) is 0 Å². The van der Waals surface area contributed by atoms with Gasteiger partial charge in [0.15, 0.2) is 6.10 Å². The van der Waals surface area contributed by atoms with Gasteiger partial charge in [-0.1, -0.05) is 195 Å². The van der Waals surface area contributed by atoms with E-state index in [-0.39, 0.29) is 31.1 Å². The molecular weight excluding hydrogens is 624 g/mol. The molecule has 0 rings (SSSR count). The summed E-state index contributed by atoms with van der Waals surface area (Å²) < 4.78 is 16.6. The van der Waals surface area contributed by atoms with E-state index < -0.39 is 6.10 Å². The Kier molecular flexibility index (Phi) is 36.0. The lowest BCUT2D eigenvalue weighted by Crippen LogP contribution is -2.30. The van der Waals surface area contributed by atoms with Crippen LogP contribution in [0.3, 0.4) is 0 Å². The molecule has 0 aliphatic rings. The maximum Gasteiger partial charge on any atom is 0.306 e. The molecule has 296 valence electrons. The number of rotatable bonds is 38. The van der Waals surface area contributed by atoms with Crippen molar-refractivity contribution < 1.29 is 28.6 Å². The number of hydrogen-bond donors (Lipinski definition) is 0. The largest absolute Gasteiger partial charge is 0.462 e. The van der Waals surface area contributed by atoms with Gasteiger partial charge >= 0.3 is 17.9 Å². The Morgan fingerprint density at radius 1 is 0.380 bits per heavy atom. The highest BCUT2D eigenvalue weighted by molar-refractivity contribution is 5.71. The molecule has 0 fully saturated rings. The molecule has 0 unspecified atom stereocenters. The molecule has 6 nitrogen and oxygen atoms in total. The van der Waals surface area contributed by atoms with Crippen molar-refractivity contribution >= 4 is 17.9 Å². The molecule has 0 spiro atoms. The van der Waals surface area contributed by atoms with E-state index in [1.807, 2.05) is 0 Å². The molecule has 6 heteroatoms. The summed E-state index contributed by atoms with van der Waals surface area (Å²) in [6, 6.07) is 0. The average Bonchev–Trinajstić information content (AvgIpc) is 3.08. The summed E-state index contributed by atoms with van der Waals surface area (Å²) in [6.07, 6.45) is 34.1. The van der Waals surface area contributed by atoms with Gasteiger partial charge in [0.05, 0.1) is 0 Å². The Bertz CT molecular complexity index is 764. The van der Waals surface area contributed by atoms with Crippen molar-refractivity contribution in [2.45, 2.75) is 240 Å². The van der Waals surface area contributed by atoms with Crippen LogP contribution in [-0.4, -0.2) is 37.2 Å². The Morgan fingerprint density at radius 3 is 0.980 bits per heavy atom. The number of hydrogen-bond acceptors (Lipinski definition) is 6. The summed E-state index contributed by atoms with van der Waals surface area (Å²) in [5.74, 6) is 0.760. The zero-order valence-electron chi connectivity index (χ0n) is 34.0. The first-order valence-electron chi connectivity index (χ1n) is 21.7. The minimum absolute atomic E-state index is 0.0666. The van der Waals surface area contributed by atoms with Crippen molar-refractivity contribution in [3.05, 3.63) is 0 Å². The van der Waals surface area contributed by atoms with Crippen molar-refractivity contribution in [3.63, 3.8) is 0 Å². The van der Waals surface area contributed by atoms with Gasteiger partial charge in [-0.2, -0.15) is 0 Å². The summed E-state index contributed by atoms with van der Waals surface area (Å²) in [5.41, 5.74) is 0. The van der Waals surface area contributed by atoms with Crippen molar-refractivity contribution in [2.24, 2.45) is 11.8 Å². The fourth-order valence-corrected chi connectivity index (χ4v) is 6.40. The minimum Gasteiger partial charge on any atom is -0.462 e. The van der Waals surface area contributed by atoms with Gasteiger partial charge in [0, 0.05) is 19.3 Å². The summed E-state index contributed by atoms with van der Waals surface area (Å²) in [4.78, 5) is 37.4. The molecule has 0 radical (unpaired) electrons. The van der Waals surface area contributed by atoms with E-state index in [1.54, 1.807) is 0 Å². The topological polar surface area (TPSA) is 78.9 Å². The van der Waals surface area contributed by atoms with Crippen LogP contribution < -0.4 is 0 Å². The van der Waals surface area contributed by atoms with Gasteiger partial charge in [0.1, 0.15) is 13.2 Å². The molecule has 0 aromatic carbocycles. The highest BCUT2D eigenvalue weighted by Gasteiger charge is 2.19. The Labute approximate surface area is 310 Å². The van der Waals surface area contributed by atoms with E-state index in [0.717, 1.165) is 76.0 Å². The number of carbonyl (C=O) groups excluding carboxylic acids is 3. The third-order valence-corrected chi connectivity index (χ3v) is 9.72. The number of esters is 3. The monoisotopic (exact) mass is 709 g/mol. The van der Waals surface area contributed by atoms with Gasteiger partial charge in [-0.3, -0.25) is 14.4 Å². The first kappa shape index (κ1) is 48.4. The molecule has 0 heterocycles. The average molecular weight is 709 g/mol. The quantitative estimate of drug-likeness (QED) is 0.0361. The van der Waals surface area contributed by atoms with Crippen LogP contribution in [0.25, 0.3) is 0 Å². The summed E-state index contributed by atoms with van der Waals surface area (Å²) >= 11 is 0. The van der Waals surface area contributed by atoms with E-state index in [4.69, 9.17) is 14.2 Å². The van der Waals surface area contributed by atoms with Crippen molar-refractivity contribution in [2.75, 3.05) is 13.2 Å². The highest BCUT2D eigenvalue weighted by Crippen LogP contribution is 2.16. The fraction of sp³-hybridized carbons (Fsp3) is 0.932. The molecule has 1 atom stereocenters. The molecule has 0 aliphatic heterocycles. The van der Waals surface area contributed by atoms with Crippen LogP contribution in [0.2, 0.25) is 0 Å². The molecule has 0 aromatic heterocycles. The zero-order valence-corrected chi connectivity index (χ0v) is 34.0. The lowest BCUT2D eigenvalue weighted by molar-refractivity contribution is -0.167.